The summed E-state index contributed by atoms with van der Waals surface area (Å²) in [6.45, 7) is 9.27. The van der Waals surface area contributed by atoms with Gasteiger partial charge in [-0.1, -0.05) is 32.9 Å². The zero-order valence-electron chi connectivity index (χ0n) is 19.3. The summed E-state index contributed by atoms with van der Waals surface area (Å²) in [5.74, 6) is 0.832. The van der Waals surface area contributed by atoms with Crippen molar-refractivity contribution in [2.45, 2.75) is 89.6 Å². The summed E-state index contributed by atoms with van der Waals surface area (Å²) in [5, 5.41) is 37.0. The summed E-state index contributed by atoms with van der Waals surface area (Å²) in [6, 6.07) is 4.58. The molecule has 5 heteroatoms. The molecule has 31 heavy (non-hydrogen) atoms. The van der Waals surface area contributed by atoms with E-state index in [1.54, 1.807) is 0 Å². The van der Waals surface area contributed by atoms with E-state index in [0.717, 1.165) is 50.0 Å². The number of hydrogen-bond donors (Lipinski definition) is 4. The molecule has 2 aliphatic heterocycles. The molecule has 0 aromatic heterocycles. The molecule has 0 unspecified atom stereocenters. The van der Waals surface area contributed by atoms with Crippen LogP contribution in [0.25, 0.3) is 0 Å². The van der Waals surface area contributed by atoms with E-state index >= 15 is 0 Å². The molecule has 0 radical (unpaired) electrons. The van der Waals surface area contributed by atoms with Gasteiger partial charge in [0.2, 0.25) is 0 Å². The van der Waals surface area contributed by atoms with E-state index in [0.29, 0.717) is 6.04 Å². The lowest BCUT2D eigenvalue weighted by Gasteiger charge is -2.74. The molecular weight excluding hydrogens is 390 g/mol. The molecule has 0 amide bonds. The minimum absolute atomic E-state index is 0.0130. The predicted molar refractivity (Wildman–Crippen MR) is 118 cm³/mol. The van der Waals surface area contributed by atoms with Gasteiger partial charge in [-0.2, -0.15) is 0 Å². The normalized spacial score (nSPS) is 43.9. The van der Waals surface area contributed by atoms with E-state index in [-0.39, 0.29) is 41.5 Å². The Morgan fingerprint density at radius 3 is 2.58 bits per heavy atom. The van der Waals surface area contributed by atoms with Crippen LogP contribution in [0.1, 0.15) is 70.1 Å². The second-order valence-electron chi connectivity index (χ2n) is 12.4. The Kier molecular flexibility index (Phi) is 3.86. The van der Waals surface area contributed by atoms with Gasteiger partial charge in [0.05, 0.1) is 18.8 Å². The van der Waals surface area contributed by atoms with Crippen LogP contribution in [-0.4, -0.2) is 46.2 Å². The largest absolute Gasteiger partial charge is 0.488 e. The lowest BCUT2D eigenvalue weighted by atomic mass is 9.31. The van der Waals surface area contributed by atoms with Gasteiger partial charge in [0, 0.05) is 28.0 Å². The number of fused-ring (bicyclic) bond motifs is 2. The van der Waals surface area contributed by atoms with Crippen molar-refractivity contribution in [3.05, 3.63) is 28.8 Å². The SMILES string of the molecule is CC(C)(C)[C@](C)(O)[C@H]1C[C@@]23CC[C@]1(CO)[C@@H]1Oc4c(CO)ccc5c4[C@@]12CCN[C@@H]3C5. The Balaban J connectivity index is 1.64. The van der Waals surface area contributed by atoms with E-state index < -0.39 is 11.0 Å². The summed E-state index contributed by atoms with van der Waals surface area (Å²) in [6.07, 6.45) is 4.67. The Hall–Kier alpha value is -1.14. The van der Waals surface area contributed by atoms with E-state index in [1.165, 1.54) is 11.1 Å². The van der Waals surface area contributed by atoms with Gasteiger partial charge in [-0.15, -0.1) is 0 Å². The average molecular weight is 428 g/mol. The summed E-state index contributed by atoms with van der Waals surface area (Å²) < 4.78 is 6.90. The van der Waals surface area contributed by atoms with E-state index in [4.69, 9.17) is 4.74 Å². The first-order chi connectivity index (χ1) is 14.6. The highest BCUT2D eigenvalue weighted by Crippen LogP contribution is 2.78. The number of piperidine rings is 1. The maximum atomic E-state index is 12.0. The molecule has 2 heterocycles. The Labute approximate surface area is 185 Å². The van der Waals surface area contributed by atoms with Gasteiger partial charge >= 0.3 is 0 Å². The van der Waals surface area contributed by atoms with Gasteiger partial charge in [0.1, 0.15) is 11.9 Å². The van der Waals surface area contributed by atoms with Crippen molar-refractivity contribution in [3.8, 4) is 5.75 Å². The maximum absolute atomic E-state index is 12.0. The van der Waals surface area contributed by atoms with Crippen molar-refractivity contribution in [1.82, 2.24) is 5.32 Å². The van der Waals surface area contributed by atoms with Gasteiger partial charge < -0.3 is 25.4 Å². The topological polar surface area (TPSA) is 82.0 Å². The first kappa shape index (κ1) is 20.5. The molecule has 6 aliphatic rings. The summed E-state index contributed by atoms with van der Waals surface area (Å²) in [5.41, 5.74) is 1.68. The van der Waals surface area contributed by atoms with Gasteiger partial charge in [-0.25, -0.2) is 0 Å². The predicted octanol–water partition coefficient (Wildman–Crippen LogP) is 2.67. The Morgan fingerprint density at radius 1 is 1.13 bits per heavy atom. The number of benzene rings is 1. The first-order valence-electron chi connectivity index (χ1n) is 12.1. The van der Waals surface area contributed by atoms with Crippen molar-refractivity contribution in [3.63, 3.8) is 0 Å². The van der Waals surface area contributed by atoms with Gasteiger partial charge in [-0.3, -0.25) is 0 Å². The molecule has 4 fully saturated rings. The van der Waals surface area contributed by atoms with Crippen LogP contribution in [0, 0.1) is 22.2 Å². The number of ether oxygens (including phenoxy) is 1. The average Bonchev–Trinajstić information content (AvgIpc) is 3.09. The molecule has 1 aromatic carbocycles. The quantitative estimate of drug-likeness (QED) is 0.596. The third-order valence-electron chi connectivity index (χ3n) is 10.8. The number of rotatable bonds is 3. The van der Waals surface area contributed by atoms with Crippen LogP contribution >= 0.6 is 0 Å². The minimum atomic E-state index is -0.933. The van der Waals surface area contributed by atoms with Crippen LogP contribution in [0.4, 0.5) is 0 Å². The fourth-order valence-electron chi connectivity index (χ4n) is 8.88. The number of hydrogen-bond acceptors (Lipinski definition) is 5. The summed E-state index contributed by atoms with van der Waals surface area (Å²) >= 11 is 0. The molecule has 4 aliphatic carbocycles. The molecule has 7 atom stereocenters. The first-order valence-corrected chi connectivity index (χ1v) is 12.1. The molecule has 5 nitrogen and oxygen atoms in total. The van der Waals surface area contributed by atoms with Crippen molar-refractivity contribution >= 4 is 0 Å². The van der Waals surface area contributed by atoms with E-state index in [9.17, 15) is 15.3 Å². The van der Waals surface area contributed by atoms with Crippen LogP contribution in [0.3, 0.4) is 0 Å². The zero-order valence-corrected chi connectivity index (χ0v) is 19.3. The number of aliphatic hydroxyl groups is 3. The molecule has 3 saturated carbocycles. The lowest BCUT2D eigenvalue weighted by molar-refractivity contribution is -0.277. The van der Waals surface area contributed by atoms with Crippen LogP contribution in [-0.2, 0) is 18.4 Å². The molecule has 1 saturated heterocycles. The number of aliphatic hydroxyl groups excluding tert-OH is 2. The molecule has 1 aromatic rings. The molecule has 4 bridgehead atoms. The number of nitrogens with one attached hydrogen (secondary N) is 1. The Bertz CT molecular complexity index is 951. The third-order valence-corrected chi connectivity index (χ3v) is 10.8. The second-order valence-corrected chi connectivity index (χ2v) is 12.4. The molecule has 7 rings (SSSR count). The summed E-state index contributed by atoms with van der Waals surface area (Å²) in [4.78, 5) is 0. The molecule has 170 valence electrons. The van der Waals surface area contributed by atoms with Crippen molar-refractivity contribution in [2.75, 3.05) is 13.2 Å². The van der Waals surface area contributed by atoms with E-state index in [2.05, 4.69) is 32.2 Å². The smallest absolute Gasteiger partial charge is 0.129 e. The zero-order chi connectivity index (χ0) is 22.0. The van der Waals surface area contributed by atoms with Gasteiger partial charge in [0.25, 0.3) is 0 Å². The van der Waals surface area contributed by atoms with Crippen LogP contribution in [0.2, 0.25) is 0 Å². The molecular formula is C26H37NO4. The maximum Gasteiger partial charge on any atom is 0.129 e. The lowest BCUT2D eigenvalue weighted by Crippen LogP contribution is -2.81. The summed E-state index contributed by atoms with van der Waals surface area (Å²) in [7, 11) is 0. The standard InChI is InChI=1S/C26H37NO4/c1-22(2,3)23(4,30)17-12-25-8-7-24(17,14-29)21-26(25)9-10-27-18(25)11-15-5-6-16(13-28)20(31-21)19(15)26/h5-6,17-18,21,27-30H,7-14H2,1-4H3/t17-,18-,21+,23-,24-,25-,26+/m1/s1. The molecule has 2 spiro atoms. The fourth-order valence-corrected chi connectivity index (χ4v) is 8.88. The highest BCUT2D eigenvalue weighted by molar-refractivity contribution is 5.61. The van der Waals surface area contributed by atoms with Gasteiger partial charge in [0.15, 0.2) is 0 Å². The highest BCUT2D eigenvalue weighted by atomic mass is 16.5. The van der Waals surface area contributed by atoms with Crippen molar-refractivity contribution < 1.29 is 20.1 Å². The van der Waals surface area contributed by atoms with Crippen molar-refractivity contribution in [1.29, 1.82) is 0 Å². The third kappa shape index (κ3) is 2.01. The van der Waals surface area contributed by atoms with Crippen LogP contribution in [0.15, 0.2) is 12.1 Å². The van der Waals surface area contributed by atoms with Crippen LogP contribution < -0.4 is 10.1 Å². The van der Waals surface area contributed by atoms with Crippen LogP contribution in [0.5, 0.6) is 5.75 Å². The van der Waals surface area contributed by atoms with Gasteiger partial charge in [-0.05, 0) is 67.9 Å². The monoisotopic (exact) mass is 427 g/mol. The fraction of sp³-hybridized carbons (Fsp3) is 0.769. The van der Waals surface area contributed by atoms with E-state index in [1.807, 2.05) is 13.0 Å². The van der Waals surface area contributed by atoms with Crippen molar-refractivity contribution in [2.24, 2.45) is 22.2 Å². The second kappa shape index (κ2) is 5.85. The Morgan fingerprint density at radius 2 is 1.90 bits per heavy atom. The highest BCUT2D eigenvalue weighted by Gasteiger charge is 2.80. The minimum Gasteiger partial charge on any atom is -0.488 e. The molecule has 4 N–H and O–H groups in total.